The van der Waals surface area contributed by atoms with Crippen LogP contribution < -0.4 is 5.32 Å². The molecule has 0 bridgehead atoms. The van der Waals surface area contributed by atoms with Crippen LogP contribution in [0, 0.1) is 6.92 Å². The minimum Gasteiger partial charge on any atom is -0.375 e. The van der Waals surface area contributed by atoms with E-state index in [9.17, 15) is 5.11 Å². The smallest absolute Gasteiger partial charge is 0.184 e. The number of rotatable bonds is 6. The average molecular weight is 348 g/mol. The summed E-state index contributed by atoms with van der Waals surface area (Å²) in [4.78, 5) is 12.1. The molecule has 2 aromatic rings. The van der Waals surface area contributed by atoms with Gasteiger partial charge < -0.3 is 15.2 Å². The summed E-state index contributed by atoms with van der Waals surface area (Å²) in [6, 6.07) is 4.19. The number of anilines is 1. The predicted octanol–water partition coefficient (Wildman–Crippen LogP) is 2.04. The molecule has 1 fully saturated rings. The maximum absolute atomic E-state index is 9.36. The molecule has 0 radical (unpaired) electrons. The zero-order chi connectivity index (χ0) is 16.9. The van der Waals surface area contributed by atoms with Gasteiger partial charge in [0.25, 0.3) is 0 Å². The van der Waals surface area contributed by atoms with Gasteiger partial charge in [0, 0.05) is 42.6 Å². The van der Waals surface area contributed by atoms with Gasteiger partial charge in [0.15, 0.2) is 5.13 Å². The van der Waals surface area contributed by atoms with Crippen LogP contribution in [0.5, 0.6) is 0 Å². The van der Waals surface area contributed by atoms with Gasteiger partial charge in [-0.05, 0) is 38.0 Å². The van der Waals surface area contributed by atoms with Crippen LogP contribution in [0.25, 0.3) is 0 Å². The van der Waals surface area contributed by atoms with Crippen LogP contribution in [0.15, 0.2) is 24.5 Å². The van der Waals surface area contributed by atoms with E-state index in [0.29, 0.717) is 0 Å². The SMILES string of the molecule is Cc1cc(C[C@@H]2CN(Cc3cnc(NC(C)O)s3)CCO2)ccn1. The maximum Gasteiger partial charge on any atom is 0.184 e. The first-order valence-corrected chi connectivity index (χ1v) is 9.05. The second-order valence-corrected chi connectivity index (χ2v) is 7.30. The quantitative estimate of drug-likeness (QED) is 0.779. The van der Waals surface area contributed by atoms with Crippen molar-refractivity contribution in [2.45, 2.75) is 39.1 Å². The number of nitrogens with one attached hydrogen (secondary N) is 1. The number of aryl methyl sites for hydroxylation is 1. The molecule has 0 spiro atoms. The lowest BCUT2D eigenvalue weighted by atomic mass is 10.1. The van der Waals surface area contributed by atoms with E-state index in [1.165, 1.54) is 10.4 Å². The van der Waals surface area contributed by atoms with Crippen LogP contribution in [0.4, 0.5) is 5.13 Å². The topological polar surface area (TPSA) is 70.5 Å². The first-order valence-electron chi connectivity index (χ1n) is 8.23. The van der Waals surface area contributed by atoms with E-state index in [2.05, 4.69) is 32.3 Å². The Morgan fingerprint density at radius 2 is 2.38 bits per heavy atom. The summed E-state index contributed by atoms with van der Waals surface area (Å²) in [5.74, 6) is 0. The minimum atomic E-state index is -0.583. The van der Waals surface area contributed by atoms with Crippen molar-refractivity contribution in [1.29, 1.82) is 0 Å². The highest BCUT2D eigenvalue weighted by Gasteiger charge is 2.21. The summed E-state index contributed by atoms with van der Waals surface area (Å²) < 4.78 is 5.93. The standard InChI is InChI=1S/C17H24N4O2S/c1-12-7-14(3-4-18-12)8-15-10-21(5-6-23-15)11-16-9-19-17(24-16)20-13(2)22/h3-4,7,9,13,15,22H,5-6,8,10-11H2,1-2H3,(H,19,20)/t13?,15-/m1/s1. The molecule has 0 saturated carbocycles. The molecular formula is C17H24N4O2S. The summed E-state index contributed by atoms with van der Waals surface area (Å²) in [7, 11) is 0. The van der Waals surface area contributed by atoms with Crippen LogP contribution in [0.3, 0.4) is 0 Å². The number of nitrogens with zero attached hydrogens (tertiary/aromatic N) is 3. The Morgan fingerprint density at radius 1 is 1.50 bits per heavy atom. The highest BCUT2D eigenvalue weighted by molar-refractivity contribution is 7.15. The molecular weight excluding hydrogens is 324 g/mol. The lowest BCUT2D eigenvalue weighted by molar-refractivity contribution is -0.0302. The third-order valence-corrected chi connectivity index (χ3v) is 4.83. The number of hydrogen-bond donors (Lipinski definition) is 2. The summed E-state index contributed by atoms with van der Waals surface area (Å²) >= 11 is 1.59. The molecule has 3 rings (SSSR count). The number of pyridine rings is 1. The van der Waals surface area contributed by atoms with Crippen molar-refractivity contribution in [3.8, 4) is 0 Å². The van der Waals surface area contributed by atoms with Gasteiger partial charge in [-0.25, -0.2) is 4.98 Å². The molecule has 2 aromatic heterocycles. The number of aliphatic hydroxyl groups is 1. The molecule has 3 heterocycles. The Labute approximate surface area is 146 Å². The number of ether oxygens (including phenoxy) is 1. The van der Waals surface area contributed by atoms with E-state index in [4.69, 9.17) is 4.74 Å². The maximum atomic E-state index is 9.36. The third kappa shape index (κ3) is 4.98. The van der Waals surface area contributed by atoms with Crippen LogP contribution in [-0.2, 0) is 17.7 Å². The zero-order valence-electron chi connectivity index (χ0n) is 14.1. The van der Waals surface area contributed by atoms with Crippen molar-refractivity contribution in [2.24, 2.45) is 0 Å². The molecule has 0 aromatic carbocycles. The molecule has 1 aliphatic heterocycles. The molecule has 7 heteroatoms. The van der Waals surface area contributed by atoms with Crippen LogP contribution in [0.2, 0.25) is 0 Å². The Kier molecular flexibility index (Phi) is 5.78. The minimum absolute atomic E-state index is 0.212. The van der Waals surface area contributed by atoms with Gasteiger partial charge in [0.2, 0.25) is 0 Å². The molecule has 2 atom stereocenters. The molecule has 0 aliphatic carbocycles. The second-order valence-electron chi connectivity index (χ2n) is 6.19. The first-order chi connectivity index (χ1) is 11.6. The van der Waals surface area contributed by atoms with Gasteiger partial charge in [0.05, 0.1) is 12.7 Å². The van der Waals surface area contributed by atoms with Crippen LogP contribution >= 0.6 is 11.3 Å². The lowest BCUT2D eigenvalue weighted by Crippen LogP contribution is -2.42. The van der Waals surface area contributed by atoms with Gasteiger partial charge in [-0.2, -0.15) is 0 Å². The fraction of sp³-hybridized carbons (Fsp3) is 0.529. The van der Waals surface area contributed by atoms with Gasteiger partial charge in [-0.15, -0.1) is 11.3 Å². The number of hydrogen-bond acceptors (Lipinski definition) is 7. The molecule has 1 aliphatic rings. The second kappa shape index (κ2) is 8.02. The monoisotopic (exact) mass is 348 g/mol. The number of thiazole rings is 1. The van der Waals surface area contributed by atoms with E-state index in [-0.39, 0.29) is 6.10 Å². The Bertz CT molecular complexity index is 662. The molecule has 24 heavy (non-hydrogen) atoms. The zero-order valence-corrected chi connectivity index (χ0v) is 14.9. The molecule has 1 unspecified atom stereocenters. The van der Waals surface area contributed by atoms with Crippen molar-refractivity contribution in [3.05, 3.63) is 40.7 Å². The Hall–Kier alpha value is -1.54. The van der Waals surface area contributed by atoms with Crippen molar-refractivity contribution in [1.82, 2.24) is 14.9 Å². The predicted molar refractivity (Wildman–Crippen MR) is 95.1 cm³/mol. The molecule has 1 saturated heterocycles. The molecule has 0 amide bonds. The van der Waals surface area contributed by atoms with Gasteiger partial charge in [-0.3, -0.25) is 9.88 Å². The van der Waals surface area contributed by atoms with Crippen molar-refractivity contribution in [3.63, 3.8) is 0 Å². The summed E-state index contributed by atoms with van der Waals surface area (Å²) in [6.45, 7) is 7.18. The third-order valence-electron chi connectivity index (χ3n) is 3.91. The van der Waals surface area contributed by atoms with Crippen molar-refractivity contribution < 1.29 is 9.84 Å². The highest BCUT2D eigenvalue weighted by Crippen LogP contribution is 2.21. The van der Waals surface area contributed by atoms with Crippen LogP contribution in [0.1, 0.15) is 23.1 Å². The number of aromatic nitrogens is 2. The molecule has 6 nitrogen and oxygen atoms in total. The highest BCUT2D eigenvalue weighted by atomic mass is 32.1. The van der Waals surface area contributed by atoms with Gasteiger partial charge >= 0.3 is 0 Å². The van der Waals surface area contributed by atoms with Gasteiger partial charge in [0.1, 0.15) is 6.23 Å². The van der Waals surface area contributed by atoms with Crippen molar-refractivity contribution >= 4 is 16.5 Å². The fourth-order valence-electron chi connectivity index (χ4n) is 2.89. The normalized spacial score (nSPS) is 20.0. The van der Waals surface area contributed by atoms with E-state index >= 15 is 0 Å². The van der Waals surface area contributed by atoms with Gasteiger partial charge in [-0.1, -0.05) is 0 Å². The van der Waals surface area contributed by atoms with Crippen LogP contribution in [-0.4, -0.2) is 52.0 Å². The number of morpholine rings is 1. The van der Waals surface area contributed by atoms with E-state index < -0.39 is 6.23 Å². The van der Waals surface area contributed by atoms with E-state index in [1.54, 1.807) is 18.3 Å². The Balaban J connectivity index is 1.54. The number of aliphatic hydroxyl groups excluding tert-OH is 1. The Morgan fingerprint density at radius 3 is 3.17 bits per heavy atom. The summed E-state index contributed by atoms with van der Waals surface area (Å²) in [5.41, 5.74) is 2.32. The lowest BCUT2D eigenvalue weighted by Gasteiger charge is -2.32. The summed E-state index contributed by atoms with van der Waals surface area (Å²) in [6.07, 6.45) is 4.28. The fourth-order valence-corrected chi connectivity index (χ4v) is 3.82. The largest absolute Gasteiger partial charge is 0.375 e. The molecule has 130 valence electrons. The van der Waals surface area contributed by atoms with Crippen molar-refractivity contribution in [2.75, 3.05) is 25.0 Å². The molecule has 2 N–H and O–H groups in total. The summed E-state index contributed by atoms with van der Waals surface area (Å²) in [5, 5.41) is 13.0. The first kappa shape index (κ1) is 17.3. The van der Waals surface area contributed by atoms with E-state index in [0.717, 1.165) is 43.5 Å². The van der Waals surface area contributed by atoms with E-state index in [1.807, 2.05) is 19.3 Å². The average Bonchev–Trinajstić information content (AvgIpc) is 2.94.